The van der Waals surface area contributed by atoms with Crippen LogP contribution in [0.25, 0.3) is 0 Å². The molecule has 0 saturated heterocycles. The van der Waals surface area contributed by atoms with Gasteiger partial charge in [0, 0.05) is 14.1 Å². The summed E-state index contributed by atoms with van der Waals surface area (Å²) in [6, 6.07) is 0. The van der Waals surface area contributed by atoms with Gasteiger partial charge in [-0.25, -0.2) is 0 Å². The van der Waals surface area contributed by atoms with Crippen LogP contribution in [-0.4, -0.2) is 19.6 Å². The summed E-state index contributed by atoms with van der Waals surface area (Å²) >= 11 is 0. The fraction of sp³-hybridized carbons (Fsp3) is 0.400. The van der Waals surface area contributed by atoms with Gasteiger partial charge in [-0.2, -0.15) is 5.10 Å². The van der Waals surface area contributed by atoms with Crippen LogP contribution in [0, 0.1) is 13.8 Å². The lowest BCUT2D eigenvalue weighted by Crippen LogP contribution is -1.94. The number of nitrogens with two attached hydrogens (primary N) is 1. The van der Waals surface area contributed by atoms with E-state index in [0.29, 0.717) is 17.3 Å². The number of rotatable bonds is 2. The largest absolute Gasteiger partial charge is 0.432 e. The first-order valence-electron chi connectivity index (χ1n) is 4.96. The third kappa shape index (κ3) is 1.62. The second kappa shape index (κ2) is 3.55. The highest BCUT2D eigenvalue weighted by Gasteiger charge is 2.14. The summed E-state index contributed by atoms with van der Waals surface area (Å²) in [5, 5.41) is 8.39. The average Bonchev–Trinajstić information content (AvgIpc) is 2.62. The number of hydrogen-bond acceptors (Lipinski definition) is 4. The molecule has 6 nitrogen and oxygen atoms in total. The Morgan fingerprint density at radius 2 is 1.94 bits per heavy atom. The van der Waals surface area contributed by atoms with E-state index in [0.717, 1.165) is 11.4 Å². The number of hydrogen-bond donors (Lipinski definition) is 1. The van der Waals surface area contributed by atoms with Crippen LogP contribution in [0.2, 0.25) is 0 Å². The van der Waals surface area contributed by atoms with E-state index in [9.17, 15) is 0 Å². The van der Waals surface area contributed by atoms with Crippen molar-refractivity contribution in [1.82, 2.24) is 19.6 Å². The molecule has 0 atom stereocenters. The molecule has 0 aliphatic rings. The van der Waals surface area contributed by atoms with Crippen molar-refractivity contribution < 1.29 is 4.74 Å². The zero-order valence-electron chi connectivity index (χ0n) is 9.85. The smallest absolute Gasteiger partial charge is 0.261 e. The minimum Gasteiger partial charge on any atom is -0.432 e. The Labute approximate surface area is 93.6 Å². The van der Waals surface area contributed by atoms with E-state index in [4.69, 9.17) is 10.5 Å². The molecule has 0 bridgehead atoms. The van der Waals surface area contributed by atoms with E-state index in [2.05, 4.69) is 10.2 Å². The molecule has 2 N–H and O–H groups in total. The molecule has 6 heteroatoms. The molecule has 0 fully saturated rings. The summed E-state index contributed by atoms with van der Waals surface area (Å²) in [4.78, 5) is 0. The third-order valence-electron chi connectivity index (χ3n) is 2.46. The van der Waals surface area contributed by atoms with Crippen LogP contribution in [0.1, 0.15) is 11.4 Å². The van der Waals surface area contributed by atoms with Gasteiger partial charge in [0.05, 0.1) is 11.9 Å². The number of aromatic nitrogens is 4. The maximum Gasteiger partial charge on any atom is 0.261 e. The van der Waals surface area contributed by atoms with E-state index < -0.39 is 0 Å². The fourth-order valence-electron chi connectivity index (χ4n) is 1.56. The first-order valence-corrected chi connectivity index (χ1v) is 4.96. The lowest BCUT2D eigenvalue weighted by atomic mass is 10.3. The average molecular weight is 221 g/mol. The van der Waals surface area contributed by atoms with Crippen molar-refractivity contribution in [3.63, 3.8) is 0 Å². The lowest BCUT2D eigenvalue weighted by molar-refractivity contribution is 0.448. The minimum atomic E-state index is 0.418. The summed E-state index contributed by atoms with van der Waals surface area (Å²) in [7, 11) is 3.67. The number of anilines is 1. The highest BCUT2D eigenvalue weighted by atomic mass is 16.5. The second-order valence-electron chi connectivity index (χ2n) is 3.79. The first-order chi connectivity index (χ1) is 7.49. The molecule has 0 radical (unpaired) electrons. The maximum absolute atomic E-state index is 5.76. The van der Waals surface area contributed by atoms with Crippen molar-refractivity contribution in [2.75, 3.05) is 5.73 Å². The number of nitrogen functional groups attached to an aromatic ring is 1. The molecular formula is C10H15N5O. The zero-order chi connectivity index (χ0) is 11.9. The lowest BCUT2D eigenvalue weighted by Gasteiger charge is -2.02. The van der Waals surface area contributed by atoms with Crippen LogP contribution < -0.4 is 10.5 Å². The molecule has 0 spiro atoms. The molecular weight excluding hydrogens is 206 g/mol. The SMILES string of the molecule is Cc1nn(C)c(C)c1Oc1nn(C)cc1N. The van der Waals surface area contributed by atoms with Gasteiger partial charge in [0.1, 0.15) is 11.4 Å². The molecule has 2 aromatic rings. The molecule has 0 amide bonds. The molecule has 0 unspecified atom stereocenters. The Morgan fingerprint density at radius 3 is 2.38 bits per heavy atom. The van der Waals surface area contributed by atoms with Crippen LogP contribution in [0.4, 0.5) is 5.69 Å². The number of ether oxygens (including phenoxy) is 1. The van der Waals surface area contributed by atoms with Crippen LogP contribution in [0.3, 0.4) is 0 Å². The molecule has 16 heavy (non-hydrogen) atoms. The number of aryl methyl sites for hydroxylation is 3. The topological polar surface area (TPSA) is 70.9 Å². The van der Waals surface area contributed by atoms with Gasteiger partial charge in [-0.05, 0) is 13.8 Å². The summed E-state index contributed by atoms with van der Waals surface area (Å²) in [6.07, 6.45) is 1.70. The Morgan fingerprint density at radius 1 is 1.25 bits per heavy atom. The Balaban J connectivity index is 2.37. The van der Waals surface area contributed by atoms with E-state index in [-0.39, 0.29) is 0 Å². The van der Waals surface area contributed by atoms with Crippen LogP contribution in [0.5, 0.6) is 11.6 Å². The van der Waals surface area contributed by atoms with Crippen molar-refractivity contribution >= 4 is 5.69 Å². The Kier molecular flexibility index (Phi) is 2.34. The van der Waals surface area contributed by atoms with E-state index in [1.165, 1.54) is 0 Å². The van der Waals surface area contributed by atoms with Gasteiger partial charge < -0.3 is 10.5 Å². The highest BCUT2D eigenvalue weighted by Crippen LogP contribution is 2.29. The molecule has 0 saturated carbocycles. The molecule has 0 aliphatic heterocycles. The van der Waals surface area contributed by atoms with Crippen molar-refractivity contribution in [3.05, 3.63) is 17.6 Å². The summed E-state index contributed by atoms with van der Waals surface area (Å²) < 4.78 is 9.06. The van der Waals surface area contributed by atoms with E-state index in [1.807, 2.05) is 20.9 Å². The van der Waals surface area contributed by atoms with Gasteiger partial charge in [0.2, 0.25) is 0 Å². The summed E-state index contributed by atoms with van der Waals surface area (Å²) in [6.45, 7) is 3.83. The van der Waals surface area contributed by atoms with Gasteiger partial charge in [0.25, 0.3) is 5.88 Å². The Hall–Kier alpha value is -1.98. The predicted octanol–water partition coefficient (Wildman–Crippen LogP) is 1.14. The van der Waals surface area contributed by atoms with Gasteiger partial charge in [-0.3, -0.25) is 9.36 Å². The normalized spacial score (nSPS) is 10.8. The maximum atomic E-state index is 5.76. The minimum absolute atomic E-state index is 0.418. The Bertz CT molecular complexity index is 526. The van der Waals surface area contributed by atoms with Crippen LogP contribution in [0.15, 0.2) is 6.20 Å². The predicted molar refractivity (Wildman–Crippen MR) is 60.4 cm³/mol. The van der Waals surface area contributed by atoms with Crippen molar-refractivity contribution in [1.29, 1.82) is 0 Å². The van der Waals surface area contributed by atoms with Gasteiger partial charge >= 0.3 is 0 Å². The van der Waals surface area contributed by atoms with Crippen molar-refractivity contribution in [3.8, 4) is 11.6 Å². The van der Waals surface area contributed by atoms with Crippen molar-refractivity contribution in [2.45, 2.75) is 13.8 Å². The summed E-state index contributed by atoms with van der Waals surface area (Å²) in [5.41, 5.74) is 8.05. The second-order valence-corrected chi connectivity index (χ2v) is 3.79. The molecule has 86 valence electrons. The molecule has 2 aromatic heterocycles. The number of nitrogens with zero attached hydrogens (tertiary/aromatic N) is 4. The monoisotopic (exact) mass is 221 g/mol. The standard InChI is InChI=1S/C10H15N5O/c1-6-9(7(2)15(4)12-6)16-10-8(11)5-14(3)13-10/h5H,11H2,1-4H3. The molecule has 2 heterocycles. The van der Waals surface area contributed by atoms with Crippen LogP contribution >= 0.6 is 0 Å². The molecule has 0 aromatic carbocycles. The van der Waals surface area contributed by atoms with Crippen LogP contribution in [-0.2, 0) is 14.1 Å². The van der Waals surface area contributed by atoms with Gasteiger partial charge in [-0.15, -0.1) is 5.10 Å². The van der Waals surface area contributed by atoms with E-state index in [1.54, 1.807) is 22.6 Å². The summed E-state index contributed by atoms with van der Waals surface area (Å²) in [5.74, 6) is 1.13. The quantitative estimate of drug-likeness (QED) is 0.825. The van der Waals surface area contributed by atoms with Gasteiger partial charge in [-0.1, -0.05) is 0 Å². The highest BCUT2D eigenvalue weighted by molar-refractivity contribution is 5.49. The van der Waals surface area contributed by atoms with E-state index >= 15 is 0 Å². The third-order valence-corrected chi connectivity index (χ3v) is 2.46. The molecule has 0 aliphatic carbocycles. The first kappa shape index (κ1) is 10.5. The molecule has 2 rings (SSSR count). The fourth-order valence-corrected chi connectivity index (χ4v) is 1.56. The van der Waals surface area contributed by atoms with Crippen molar-refractivity contribution in [2.24, 2.45) is 14.1 Å². The zero-order valence-corrected chi connectivity index (χ0v) is 9.85. The van der Waals surface area contributed by atoms with Gasteiger partial charge in [0.15, 0.2) is 5.75 Å².